The van der Waals surface area contributed by atoms with Gasteiger partial charge in [0, 0.05) is 10.5 Å². The summed E-state index contributed by atoms with van der Waals surface area (Å²) in [5.74, 6) is 0. The van der Waals surface area contributed by atoms with Gasteiger partial charge >= 0.3 is 0 Å². The summed E-state index contributed by atoms with van der Waals surface area (Å²) in [6, 6.07) is 0. The van der Waals surface area contributed by atoms with Gasteiger partial charge in [-0.25, -0.2) is 0 Å². The second-order valence-corrected chi connectivity index (χ2v) is 11.8. The largest absolute Gasteiger partial charge is 0.155 e. The fraction of sp³-hybridized carbons (Fsp3) is 1.00. The van der Waals surface area contributed by atoms with Gasteiger partial charge in [0.05, 0.1) is 0 Å². The topological polar surface area (TPSA) is 0 Å². The van der Waals surface area contributed by atoms with E-state index in [1.165, 1.54) is 154 Å². The Kier molecular flexibility index (Phi) is 26.9. The maximum Gasteiger partial charge on any atom is 0.00498 e. The number of hydrogen-bond acceptors (Lipinski definition) is 1. The second-order valence-electron chi connectivity index (χ2n) is 10.2. The van der Waals surface area contributed by atoms with E-state index >= 15 is 0 Å². The lowest BCUT2D eigenvalue weighted by Gasteiger charge is -2.24. The predicted molar refractivity (Wildman–Crippen MR) is 149 cm³/mol. The molecule has 0 saturated carbocycles. The molecule has 0 N–H and O–H groups in total. The number of hydrogen-bond donors (Lipinski definition) is 0. The molecule has 0 aromatic carbocycles. The molecule has 0 heterocycles. The summed E-state index contributed by atoms with van der Waals surface area (Å²) in [5.41, 5.74) is 0. The third-order valence-electron chi connectivity index (χ3n) is 6.90. The van der Waals surface area contributed by atoms with Gasteiger partial charge in [0.1, 0.15) is 0 Å². The van der Waals surface area contributed by atoms with Crippen LogP contribution in [0, 0.1) is 0 Å². The minimum absolute atomic E-state index is 0.944. The molecule has 0 rings (SSSR count). The van der Waals surface area contributed by atoms with Crippen LogP contribution in [0.3, 0.4) is 0 Å². The van der Waals surface area contributed by atoms with Gasteiger partial charge in [-0.05, 0) is 25.7 Å². The Morgan fingerprint density at radius 3 is 0.774 bits per heavy atom. The lowest BCUT2D eigenvalue weighted by Crippen LogP contribution is -2.12. The van der Waals surface area contributed by atoms with Crippen molar-refractivity contribution in [2.45, 2.75) is 192 Å². The lowest BCUT2D eigenvalue weighted by molar-refractivity contribution is 0.535. The van der Waals surface area contributed by atoms with Crippen LogP contribution in [0.25, 0.3) is 0 Å². The van der Waals surface area contributed by atoms with Crippen molar-refractivity contribution in [1.29, 1.82) is 0 Å². The highest BCUT2D eigenvalue weighted by Gasteiger charge is 2.17. The van der Waals surface area contributed by atoms with E-state index < -0.39 is 0 Å². The quantitative estimate of drug-likeness (QED) is 0.117. The van der Waals surface area contributed by atoms with Crippen LogP contribution in [-0.2, 0) is 0 Å². The van der Waals surface area contributed by atoms with Gasteiger partial charge < -0.3 is 0 Å². The third-order valence-corrected chi connectivity index (χ3v) is 8.62. The normalized spacial score (nSPS) is 11.8. The minimum atomic E-state index is 0.944. The van der Waals surface area contributed by atoms with Gasteiger partial charge in [0.25, 0.3) is 0 Å². The smallest absolute Gasteiger partial charge is 0.00498 e. The van der Waals surface area contributed by atoms with Crippen molar-refractivity contribution in [3.63, 3.8) is 0 Å². The van der Waals surface area contributed by atoms with E-state index in [4.69, 9.17) is 0 Å². The molecule has 0 nitrogen and oxygen atoms in total. The Labute approximate surface area is 203 Å². The Balaban J connectivity index is 4.51. The molecule has 0 spiro atoms. The summed E-state index contributed by atoms with van der Waals surface area (Å²) < 4.78 is 0. The van der Waals surface area contributed by atoms with Crippen molar-refractivity contribution in [3.8, 4) is 0 Å². The molecular weight excluding hydrogens is 392 g/mol. The molecule has 0 saturated heterocycles. The highest BCUT2D eigenvalue weighted by atomic mass is 32.2. The SMILES string of the molecule is CCCCCCCC(CCCCCCC)SC(CCCCCCC)CCCCCCC. The van der Waals surface area contributed by atoms with Gasteiger partial charge in [0.2, 0.25) is 0 Å². The highest BCUT2D eigenvalue weighted by molar-refractivity contribution is 8.00. The summed E-state index contributed by atoms with van der Waals surface area (Å²) in [5, 5.41) is 1.89. The molecule has 0 aliphatic carbocycles. The third kappa shape index (κ3) is 23.3. The average Bonchev–Trinajstić information content (AvgIpc) is 2.77. The molecule has 0 atom stereocenters. The van der Waals surface area contributed by atoms with Gasteiger partial charge in [-0.1, -0.05) is 156 Å². The summed E-state index contributed by atoms with van der Waals surface area (Å²) in [4.78, 5) is 0. The molecule has 0 amide bonds. The van der Waals surface area contributed by atoms with Crippen molar-refractivity contribution in [2.24, 2.45) is 0 Å². The second kappa shape index (κ2) is 26.6. The van der Waals surface area contributed by atoms with Crippen molar-refractivity contribution >= 4 is 11.8 Å². The first-order valence-corrected chi connectivity index (χ1v) is 15.9. The Bertz CT molecular complexity index is 256. The Morgan fingerprint density at radius 2 is 0.548 bits per heavy atom. The van der Waals surface area contributed by atoms with Crippen LogP contribution in [0.1, 0.15) is 182 Å². The van der Waals surface area contributed by atoms with E-state index in [1.54, 1.807) is 0 Å². The van der Waals surface area contributed by atoms with Gasteiger partial charge in [-0.15, -0.1) is 0 Å². The van der Waals surface area contributed by atoms with E-state index in [-0.39, 0.29) is 0 Å². The maximum atomic E-state index is 2.44. The van der Waals surface area contributed by atoms with Crippen molar-refractivity contribution in [2.75, 3.05) is 0 Å². The highest BCUT2D eigenvalue weighted by Crippen LogP contribution is 2.33. The van der Waals surface area contributed by atoms with E-state index in [9.17, 15) is 0 Å². The molecule has 31 heavy (non-hydrogen) atoms. The molecule has 0 bridgehead atoms. The zero-order valence-corrected chi connectivity index (χ0v) is 23.4. The van der Waals surface area contributed by atoms with E-state index in [0.29, 0.717) is 0 Å². The van der Waals surface area contributed by atoms with E-state index in [1.807, 2.05) is 0 Å². The molecule has 0 aromatic rings. The number of rotatable bonds is 26. The Morgan fingerprint density at radius 1 is 0.323 bits per heavy atom. The van der Waals surface area contributed by atoms with Crippen LogP contribution in [0.4, 0.5) is 0 Å². The van der Waals surface area contributed by atoms with Gasteiger partial charge in [-0.2, -0.15) is 11.8 Å². The van der Waals surface area contributed by atoms with Gasteiger partial charge in [-0.3, -0.25) is 0 Å². The molecule has 0 unspecified atom stereocenters. The van der Waals surface area contributed by atoms with Crippen molar-refractivity contribution in [3.05, 3.63) is 0 Å². The van der Waals surface area contributed by atoms with Crippen molar-refractivity contribution in [1.82, 2.24) is 0 Å². The molecular formula is C30H62S. The summed E-state index contributed by atoms with van der Waals surface area (Å²) in [7, 11) is 0. The summed E-state index contributed by atoms with van der Waals surface area (Å²) >= 11 is 2.44. The standard InChI is InChI=1S/C30H62S/c1-5-9-13-17-21-25-29(26-22-18-14-10-6-2)31-30(27-23-19-15-11-7-3)28-24-20-16-12-8-4/h29-30H,5-28H2,1-4H3. The van der Waals surface area contributed by atoms with Crippen LogP contribution in [-0.4, -0.2) is 10.5 Å². The first kappa shape index (κ1) is 31.4. The zero-order valence-electron chi connectivity index (χ0n) is 22.5. The number of thioether (sulfide) groups is 1. The molecule has 0 fully saturated rings. The molecule has 188 valence electrons. The lowest BCUT2D eigenvalue weighted by atomic mass is 10.0. The summed E-state index contributed by atoms with van der Waals surface area (Å²) in [6.45, 7) is 9.34. The molecule has 0 radical (unpaired) electrons. The van der Waals surface area contributed by atoms with Crippen LogP contribution < -0.4 is 0 Å². The summed E-state index contributed by atoms with van der Waals surface area (Å²) in [6.07, 6.45) is 34.8. The predicted octanol–water partition coefficient (Wildman–Crippen LogP) is 11.9. The molecule has 1 heteroatoms. The van der Waals surface area contributed by atoms with Crippen LogP contribution in [0.2, 0.25) is 0 Å². The van der Waals surface area contributed by atoms with E-state index in [0.717, 1.165) is 10.5 Å². The minimum Gasteiger partial charge on any atom is -0.155 e. The van der Waals surface area contributed by atoms with E-state index in [2.05, 4.69) is 39.5 Å². The first-order chi connectivity index (χ1) is 15.3. The first-order valence-electron chi connectivity index (χ1n) is 14.9. The maximum absolute atomic E-state index is 2.44. The fourth-order valence-electron chi connectivity index (χ4n) is 4.74. The van der Waals surface area contributed by atoms with Gasteiger partial charge in [0.15, 0.2) is 0 Å². The fourth-order valence-corrected chi connectivity index (χ4v) is 6.49. The molecule has 0 aliphatic heterocycles. The van der Waals surface area contributed by atoms with Crippen LogP contribution in [0.15, 0.2) is 0 Å². The van der Waals surface area contributed by atoms with Crippen molar-refractivity contribution < 1.29 is 0 Å². The molecule has 0 aromatic heterocycles. The molecule has 0 aliphatic rings. The average molecular weight is 455 g/mol. The Hall–Kier alpha value is 0.350. The van der Waals surface area contributed by atoms with Crippen LogP contribution >= 0.6 is 11.8 Å². The van der Waals surface area contributed by atoms with Crippen LogP contribution in [0.5, 0.6) is 0 Å². The number of unbranched alkanes of at least 4 members (excludes halogenated alkanes) is 16. The monoisotopic (exact) mass is 454 g/mol. The zero-order chi connectivity index (χ0) is 22.8.